The number of nitrogens with zero attached hydrogens (tertiary/aromatic N) is 3. The molecule has 0 amide bonds. The minimum absolute atomic E-state index is 0.0902. The van der Waals surface area contributed by atoms with E-state index in [1.54, 1.807) is 12.3 Å². The average Bonchev–Trinajstić information content (AvgIpc) is 3.22. The lowest BCUT2D eigenvalue weighted by Gasteiger charge is -2.20. The van der Waals surface area contributed by atoms with Crippen molar-refractivity contribution in [1.82, 2.24) is 14.7 Å². The lowest BCUT2D eigenvalue weighted by molar-refractivity contribution is 0.256. The highest BCUT2D eigenvalue weighted by Crippen LogP contribution is 2.48. The number of likely N-dealkylation sites (tertiary alicyclic amines) is 1. The Kier molecular flexibility index (Phi) is 3.77. The molecule has 1 saturated carbocycles. The van der Waals surface area contributed by atoms with Crippen LogP contribution in [0.3, 0.4) is 0 Å². The molecule has 0 spiro atoms. The highest BCUT2D eigenvalue weighted by Gasteiger charge is 2.40. The zero-order valence-electron chi connectivity index (χ0n) is 13.6. The van der Waals surface area contributed by atoms with E-state index in [2.05, 4.69) is 29.1 Å². The van der Waals surface area contributed by atoms with Crippen LogP contribution in [0.2, 0.25) is 0 Å². The standard InChI is InChI=1S/C19H23N3O/c1-14-4-3-11-21(14)13-16-12-18(16)15-6-8-17(9-7-15)22-19(23)5-2-10-20-22/h2,5-10,14,16,18H,3-4,11-13H2,1H3/t14-,16-,18+/m0/s1. The van der Waals surface area contributed by atoms with Crippen LogP contribution >= 0.6 is 0 Å². The number of rotatable bonds is 4. The highest BCUT2D eigenvalue weighted by molar-refractivity contribution is 5.37. The van der Waals surface area contributed by atoms with Gasteiger partial charge >= 0.3 is 0 Å². The zero-order chi connectivity index (χ0) is 15.8. The predicted molar refractivity (Wildman–Crippen MR) is 91.0 cm³/mol. The van der Waals surface area contributed by atoms with Gasteiger partial charge in [-0.15, -0.1) is 0 Å². The van der Waals surface area contributed by atoms with Crippen molar-refractivity contribution in [3.05, 3.63) is 58.5 Å². The van der Waals surface area contributed by atoms with Crippen LogP contribution in [-0.4, -0.2) is 33.8 Å². The smallest absolute Gasteiger partial charge is 0.271 e. The van der Waals surface area contributed by atoms with Gasteiger partial charge in [-0.2, -0.15) is 9.78 Å². The third-order valence-corrected chi connectivity index (χ3v) is 5.36. The molecule has 0 N–H and O–H groups in total. The fraction of sp³-hybridized carbons (Fsp3) is 0.474. The molecule has 2 fully saturated rings. The van der Waals surface area contributed by atoms with Crippen LogP contribution in [-0.2, 0) is 0 Å². The molecular weight excluding hydrogens is 286 g/mol. The normalized spacial score (nSPS) is 27.3. The molecule has 2 heterocycles. The van der Waals surface area contributed by atoms with Crippen LogP contribution in [0, 0.1) is 5.92 Å². The molecule has 3 atom stereocenters. The molecule has 4 nitrogen and oxygen atoms in total. The van der Waals surface area contributed by atoms with Crippen LogP contribution in [0.5, 0.6) is 0 Å². The molecule has 1 aromatic heterocycles. The van der Waals surface area contributed by atoms with Crippen LogP contribution in [0.15, 0.2) is 47.4 Å². The molecule has 1 aromatic carbocycles. The first-order valence-electron chi connectivity index (χ1n) is 8.61. The van der Waals surface area contributed by atoms with E-state index in [1.165, 1.54) is 48.7 Å². The van der Waals surface area contributed by atoms with Gasteiger partial charge in [0.1, 0.15) is 0 Å². The van der Waals surface area contributed by atoms with E-state index >= 15 is 0 Å². The van der Waals surface area contributed by atoms with Gasteiger partial charge in [0.15, 0.2) is 0 Å². The molecule has 23 heavy (non-hydrogen) atoms. The molecule has 120 valence electrons. The third kappa shape index (κ3) is 2.95. The summed E-state index contributed by atoms with van der Waals surface area (Å²) in [6.07, 6.45) is 5.65. The Labute approximate surface area is 136 Å². The lowest BCUT2D eigenvalue weighted by Crippen LogP contribution is -2.29. The summed E-state index contributed by atoms with van der Waals surface area (Å²) < 4.78 is 1.44. The Hall–Kier alpha value is -1.94. The van der Waals surface area contributed by atoms with Gasteiger partial charge in [0.2, 0.25) is 0 Å². The van der Waals surface area contributed by atoms with Gasteiger partial charge in [0.25, 0.3) is 5.56 Å². The Morgan fingerprint density at radius 2 is 2.04 bits per heavy atom. The maximum absolute atomic E-state index is 11.8. The van der Waals surface area contributed by atoms with Crippen LogP contribution in [0.25, 0.3) is 5.69 Å². The van der Waals surface area contributed by atoms with Crippen molar-refractivity contribution in [2.24, 2.45) is 5.92 Å². The van der Waals surface area contributed by atoms with E-state index in [0.717, 1.165) is 17.6 Å². The van der Waals surface area contributed by atoms with Crippen molar-refractivity contribution in [2.45, 2.75) is 38.1 Å². The van der Waals surface area contributed by atoms with Gasteiger partial charge in [0.05, 0.1) is 5.69 Å². The van der Waals surface area contributed by atoms with Crippen molar-refractivity contribution in [1.29, 1.82) is 0 Å². The Balaban J connectivity index is 1.44. The van der Waals surface area contributed by atoms with Gasteiger partial charge in [-0.25, -0.2) is 0 Å². The van der Waals surface area contributed by atoms with Crippen molar-refractivity contribution in [3.63, 3.8) is 0 Å². The third-order valence-electron chi connectivity index (χ3n) is 5.36. The van der Waals surface area contributed by atoms with Gasteiger partial charge in [-0.1, -0.05) is 12.1 Å². The summed E-state index contributed by atoms with van der Waals surface area (Å²) in [6.45, 7) is 4.86. The van der Waals surface area contributed by atoms with E-state index in [9.17, 15) is 4.79 Å². The lowest BCUT2D eigenvalue weighted by atomic mass is 10.1. The number of benzene rings is 1. The molecule has 1 aliphatic carbocycles. The van der Waals surface area contributed by atoms with Gasteiger partial charge in [0, 0.05) is 24.8 Å². The van der Waals surface area contributed by atoms with Crippen LogP contribution in [0.1, 0.15) is 37.7 Å². The molecular formula is C19H23N3O. The number of hydrogen-bond acceptors (Lipinski definition) is 3. The maximum atomic E-state index is 11.8. The second kappa shape index (κ2) is 5.93. The van der Waals surface area contributed by atoms with Crippen LogP contribution < -0.4 is 5.56 Å². The monoisotopic (exact) mass is 309 g/mol. The topological polar surface area (TPSA) is 38.1 Å². The SMILES string of the molecule is C[C@H]1CCCN1C[C@@H]1C[C@@H]1c1ccc(-n2ncccc2=O)cc1. The van der Waals surface area contributed by atoms with E-state index in [0.29, 0.717) is 5.92 Å². The maximum Gasteiger partial charge on any atom is 0.271 e. The molecule has 0 unspecified atom stereocenters. The number of aromatic nitrogens is 2. The van der Waals surface area contributed by atoms with E-state index in [4.69, 9.17) is 0 Å². The average molecular weight is 309 g/mol. The summed E-state index contributed by atoms with van der Waals surface area (Å²) in [5.41, 5.74) is 2.15. The Morgan fingerprint density at radius 3 is 2.74 bits per heavy atom. The molecule has 0 bridgehead atoms. The minimum Gasteiger partial charge on any atom is -0.300 e. The van der Waals surface area contributed by atoms with Gasteiger partial charge in [-0.05, 0) is 68.3 Å². The first-order chi connectivity index (χ1) is 11.2. The first-order valence-corrected chi connectivity index (χ1v) is 8.61. The Bertz CT molecular complexity index is 737. The predicted octanol–water partition coefficient (Wildman–Crippen LogP) is 2.82. The molecule has 0 radical (unpaired) electrons. The van der Waals surface area contributed by atoms with Gasteiger partial charge in [-0.3, -0.25) is 4.79 Å². The molecule has 2 aliphatic rings. The second-order valence-electron chi connectivity index (χ2n) is 6.95. The summed E-state index contributed by atoms with van der Waals surface area (Å²) in [6, 6.07) is 12.3. The summed E-state index contributed by atoms with van der Waals surface area (Å²) in [5.74, 6) is 1.50. The Morgan fingerprint density at radius 1 is 1.22 bits per heavy atom. The fourth-order valence-electron chi connectivity index (χ4n) is 3.84. The zero-order valence-corrected chi connectivity index (χ0v) is 13.6. The fourth-order valence-corrected chi connectivity index (χ4v) is 3.84. The second-order valence-corrected chi connectivity index (χ2v) is 6.95. The molecule has 1 aliphatic heterocycles. The summed E-state index contributed by atoms with van der Waals surface area (Å²) in [5, 5.41) is 4.13. The van der Waals surface area contributed by atoms with E-state index < -0.39 is 0 Å². The summed E-state index contributed by atoms with van der Waals surface area (Å²) in [7, 11) is 0. The summed E-state index contributed by atoms with van der Waals surface area (Å²) in [4.78, 5) is 14.5. The number of hydrogen-bond donors (Lipinski definition) is 0. The van der Waals surface area contributed by atoms with Crippen molar-refractivity contribution in [2.75, 3.05) is 13.1 Å². The van der Waals surface area contributed by atoms with Crippen molar-refractivity contribution in [3.8, 4) is 5.69 Å². The largest absolute Gasteiger partial charge is 0.300 e. The van der Waals surface area contributed by atoms with E-state index in [1.807, 2.05) is 12.1 Å². The first kappa shape index (κ1) is 14.6. The van der Waals surface area contributed by atoms with E-state index in [-0.39, 0.29) is 5.56 Å². The van der Waals surface area contributed by atoms with Crippen molar-refractivity contribution < 1.29 is 0 Å². The molecule has 2 aromatic rings. The molecule has 4 heteroatoms. The van der Waals surface area contributed by atoms with Crippen LogP contribution in [0.4, 0.5) is 0 Å². The summed E-state index contributed by atoms with van der Waals surface area (Å²) >= 11 is 0. The minimum atomic E-state index is -0.0902. The molecule has 1 saturated heterocycles. The highest BCUT2D eigenvalue weighted by atomic mass is 16.1. The quantitative estimate of drug-likeness (QED) is 0.871. The van der Waals surface area contributed by atoms with Gasteiger partial charge < -0.3 is 4.90 Å². The van der Waals surface area contributed by atoms with Crippen molar-refractivity contribution >= 4 is 0 Å². The molecule has 4 rings (SSSR count).